The average molecular weight is 335 g/mol. The zero-order chi connectivity index (χ0) is 16.4. The summed E-state index contributed by atoms with van der Waals surface area (Å²) in [5, 5.41) is 0. The topological polar surface area (TPSA) is 64.4 Å². The fourth-order valence-corrected chi connectivity index (χ4v) is 4.71. The van der Waals surface area contributed by atoms with Crippen LogP contribution in [-0.4, -0.2) is 41.9 Å². The summed E-state index contributed by atoms with van der Waals surface area (Å²) in [6.07, 6.45) is 4.79. The van der Waals surface area contributed by atoms with Crippen LogP contribution in [0.5, 0.6) is 5.75 Å². The number of benzene rings is 1. The van der Waals surface area contributed by atoms with Crippen LogP contribution in [0.25, 0.3) is 0 Å². The Labute approximate surface area is 136 Å². The maximum atomic E-state index is 12.8. The Morgan fingerprint density at radius 3 is 2.78 bits per heavy atom. The summed E-state index contributed by atoms with van der Waals surface area (Å²) >= 11 is 0. The molecule has 2 aromatic rings. The van der Waals surface area contributed by atoms with Crippen molar-refractivity contribution in [3.8, 4) is 5.75 Å². The maximum absolute atomic E-state index is 12.8. The molecule has 0 bridgehead atoms. The molecule has 1 aromatic heterocycles. The van der Waals surface area contributed by atoms with E-state index in [1.807, 2.05) is 24.3 Å². The summed E-state index contributed by atoms with van der Waals surface area (Å²) in [7, 11) is -1.92. The predicted molar refractivity (Wildman–Crippen MR) is 87.8 cm³/mol. The third-order valence-corrected chi connectivity index (χ3v) is 6.19. The molecule has 0 amide bonds. The Morgan fingerprint density at radius 2 is 2.09 bits per heavy atom. The van der Waals surface area contributed by atoms with Gasteiger partial charge in [0.25, 0.3) is 0 Å². The summed E-state index contributed by atoms with van der Waals surface area (Å²) in [5.41, 5.74) is 1.07. The molecule has 0 unspecified atom stereocenters. The molecule has 1 aliphatic rings. The number of para-hydroxylation sites is 1. The van der Waals surface area contributed by atoms with Gasteiger partial charge in [0.15, 0.2) is 0 Å². The van der Waals surface area contributed by atoms with Gasteiger partial charge in [-0.2, -0.15) is 12.7 Å². The van der Waals surface area contributed by atoms with Crippen molar-refractivity contribution in [3.05, 3.63) is 48.0 Å². The number of aryl methyl sites for hydroxylation is 1. The van der Waals surface area contributed by atoms with E-state index in [1.165, 1.54) is 16.4 Å². The van der Waals surface area contributed by atoms with E-state index in [4.69, 9.17) is 4.74 Å². The van der Waals surface area contributed by atoms with Gasteiger partial charge < -0.3 is 4.74 Å². The van der Waals surface area contributed by atoms with Crippen molar-refractivity contribution in [3.63, 3.8) is 0 Å². The van der Waals surface area contributed by atoms with E-state index < -0.39 is 10.2 Å². The number of aromatic nitrogens is 2. The quantitative estimate of drug-likeness (QED) is 0.859. The Morgan fingerprint density at radius 1 is 1.30 bits per heavy atom. The molecule has 1 saturated heterocycles. The van der Waals surface area contributed by atoms with E-state index in [0.717, 1.165) is 24.2 Å². The number of nitrogens with zero attached hydrogens (tertiary/aromatic N) is 3. The van der Waals surface area contributed by atoms with E-state index in [-0.39, 0.29) is 5.92 Å². The first-order valence-electron chi connectivity index (χ1n) is 7.67. The number of hydrogen-bond acceptors (Lipinski definition) is 4. The standard InChI is InChI=1S/C16H21N3O3S/c1-13-17-9-11-19(13)23(20,21)18-10-5-6-14(12-18)15-7-3-4-8-16(15)22-2/h3-4,7-9,11,14H,5-6,10,12H2,1-2H3/t14-/m1/s1. The molecule has 0 spiro atoms. The Kier molecular flexibility index (Phi) is 4.41. The average Bonchev–Trinajstić information content (AvgIpc) is 3.02. The molecule has 124 valence electrons. The van der Waals surface area contributed by atoms with Gasteiger partial charge in [-0.1, -0.05) is 18.2 Å². The third-order valence-electron chi connectivity index (χ3n) is 4.32. The Bertz CT molecular complexity index is 785. The van der Waals surface area contributed by atoms with Gasteiger partial charge in [0.1, 0.15) is 11.6 Å². The fraction of sp³-hybridized carbons (Fsp3) is 0.438. The first-order valence-corrected chi connectivity index (χ1v) is 9.07. The molecule has 0 aliphatic carbocycles. The first kappa shape index (κ1) is 16.0. The van der Waals surface area contributed by atoms with E-state index in [0.29, 0.717) is 18.9 Å². The van der Waals surface area contributed by atoms with Gasteiger partial charge in [-0.3, -0.25) is 0 Å². The number of methoxy groups -OCH3 is 1. The van der Waals surface area contributed by atoms with Crippen molar-refractivity contribution < 1.29 is 13.2 Å². The monoisotopic (exact) mass is 335 g/mol. The third kappa shape index (κ3) is 2.98. The van der Waals surface area contributed by atoms with Crippen molar-refractivity contribution in [2.24, 2.45) is 0 Å². The van der Waals surface area contributed by atoms with Crippen LogP contribution in [0.4, 0.5) is 0 Å². The molecule has 7 heteroatoms. The molecule has 0 radical (unpaired) electrons. The molecule has 6 nitrogen and oxygen atoms in total. The van der Waals surface area contributed by atoms with Gasteiger partial charge in [0.2, 0.25) is 0 Å². The molecule has 23 heavy (non-hydrogen) atoms. The SMILES string of the molecule is COc1ccccc1[C@@H]1CCCN(S(=O)(=O)n2ccnc2C)C1. The molecular weight excluding hydrogens is 314 g/mol. The van der Waals surface area contributed by atoms with E-state index in [1.54, 1.807) is 18.3 Å². The van der Waals surface area contributed by atoms with Gasteiger partial charge in [-0.25, -0.2) is 8.96 Å². The van der Waals surface area contributed by atoms with Gasteiger partial charge >= 0.3 is 10.2 Å². The van der Waals surface area contributed by atoms with E-state index >= 15 is 0 Å². The minimum absolute atomic E-state index is 0.138. The molecule has 1 atom stereocenters. The lowest BCUT2D eigenvalue weighted by Crippen LogP contribution is -2.42. The van der Waals surface area contributed by atoms with Crippen LogP contribution in [-0.2, 0) is 10.2 Å². The molecule has 3 rings (SSSR count). The highest BCUT2D eigenvalue weighted by atomic mass is 32.2. The van der Waals surface area contributed by atoms with Crippen molar-refractivity contribution in [1.29, 1.82) is 0 Å². The van der Waals surface area contributed by atoms with Crippen LogP contribution in [0.15, 0.2) is 36.7 Å². The summed E-state index contributed by atoms with van der Waals surface area (Å²) in [6, 6.07) is 7.82. The van der Waals surface area contributed by atoms with Crippen LogP contribution in [0.2, 0.25) is 0 Å². The highest BCUT2D eigenvalue weighted by Crippen LogP contribution is 2.34. The highest BCUT2D eigenvalue weighted by molar-refractivity contribution is 7.87. The largest absolute Gasteiger partial charge is 0.496 e. The van der Waals surface area contributed by atoms with Crippen molar-refractivity contribution >= 4 is 10.2 Å². The van der Waals surface area contributed by atoms with Crippen LogP contribution < -0.4 is 4.74 Å². The lowest BCUT2D eigenvalue weighted by Gasteiger charge is -2.32. The molecular formula is C16H21N3O3S. The zero-order valence-electron chi connectivity index (χ0n) is 13.3. The Balaban J connectivity index is 1.88. The lowest BCUT2D eigenvalue weighted by atomic mass is 9.91. The first-order chi connectivity index (χ1) is 11.0. The molecule has 0 saturated carbocycles. The number of ether oxygens (including phenoxy) is 1. The molecule has 2 heterocycles. The zero-order valence-corrected chi connectivity index (χ0v) is 14.2. The number of hydrogen-bond donors (Lipinski definition) is 0. The molecule has 0 N–H and O–H groups in total. The summed E-state index contributed by atoms with van der Waals surface area (Å²) in [6.45, 7) is 2.69. The van der Waals surface area contributed by atoms with E-state index in [9.17, 15) is 8.42 Å². The number of piperidine rings is 1. The van der Waals surface area contributed by atoms with Crippen molar-refractivity contribution in [1.82, 2.24) is 13.3 Å². The second-order valence-corrected chi connectivity index (χ2v) is 7.52. The normalized spacial score (nSPS) is 19.7. The minimum atomic E-state index is -3.56. The van der Waals surface area contributed by atoms with Gasteiger partial charge in [-0.05, 0) is 31.4 Å². The van der Waals surface area contributed by atoms with Crippen LogP contribution in [0.3, 0.4) is 0 Å². The van der Waals surface area contributed by atoms with E-state index in [2.05, 4.69) is 4.98 Å². The van der Waals surface area contributed by atoms with Crippen molar-refractivity contribution in [2.75, 3.05) is 20.2 Å². The lowest BCUT2D eigenvalue weighted by molar-refractivity contribution is 0.306. The Hall–Kier alpha value is -1.86. The van der Waals surface area contributed by atoms with Crippen LogP contribution in [0.1, 0.15) is 30.1 Å². The fourth-order valence-electron chi connectivity index (χ4n) is 3.14. The molecule has 1 fully saturated rings. The maximum Gasteiger partial charge on any atom is 0.308 e. The van der Waals surface area contributed by atoms with Gasteiger partial charge in [0.05, 0.1) is 7.11 Å². The van der Waals surface area contributed by atoms with Gasteiger partial charge in [0, 0.05) is 31.4 Å². The number of rotatable bonds is 4. The van der Waals surface area contributed by atoms with Gasteiger partial charge in [-0.15, -0.1) is 0 Å². The van der Waals surface area contributed by atoms with Crippen LogP contribution >= 0.6 is 0 Å². The predicted octanol–water partition coefficient (Wildman–Crippen LogP) is 2.17. The number of imidazole rings is 1. The highest BCUT2D eigenvalue weighted by Gasteiger charge is 2.32. The second kappa shape index (κ2) is 6.33. The second-order valence-electron chi connectivity index (χ2n) is 5.72. The molecule has 1 aromatic carbocycles. The van der Waals surface area contributed by atoms with Crippen LogP contribution in [0, 0.1) is 6.92 Å². The minimum Gasteiger partial charge on any atom is -0.496 e. The van der Waals surface area contributed by atoms with Crippen molar-refractivity contribution in [2.45, 2.75) is 25.7 Å². The molecule has 1 aliphatic heterocycles. The summed E-state index contributed by atoms with van der Waals surface area (Å²) < 4.78 is 33.9. The summed E-state index contributed by atoms with van der Waals surface area (Å²) in [5.74, 6) is 1.43. The summed E-state index contributed by atoms with van der Waals surface area (Å²) in [4.78, 5) is 4.02. The smallest absolute Gasteiger partial charge is 0.308 e.